The molecular formula is C11H11BrOS2. The Morgan fingerprint density at radius 2 is 2.27 bits per heavy atom. The molecule has 0 aromatic carbocycles. The molecule has 1 unspecified atom stereocenters. The Kier molecular flexibility index (Phi) is 3.30. The predicted octanol–water partition coefficient (Wildman–Crippen LogP) is 4.02. The maximum atomic E-state index is 10.3. The van der Waals surface area contributed by atoms with Crippen LogP contribution >= 0.6 is 38.6 Å². The lowest BCUT2D eigenvalue weighted by atomic mass is 10.00. The summed E-state index contributed by atoms with van der Waals surface area (Å²) in [7, 11) is 0. The van der Waals surface area contributed by atoms with Crippen LogP contribution in [-0.2, 0) is 12.0 Å². The Bertz CT molecular complexity index is 431. The lowest BCUT2D eigenvalue weighted by molar-refractivity contribution is 0.0623. The summed E-state index contributed by atoms with van der Waals surface area (Å²) >= 11 is 6.69. The third-order valence-electron chi connectivity index (χ3n) is 2.19. The van der Waals surface area contributed by atoms with E-state index in [0.29, 0.717) is 6.42 Å². The topological polar surface area (TPSA) is 20.2 Å². The largest absolute Gasteiger partial charge is 0.384 e. The highest BCUT2D eigenvalue weighted by molar-refractivity contribution is 9.10. The Morgan fingerprint density at radius 3 is 2.80 bits per heavy atom. The van der Waals surface area contributed by atoms with Gasteiger partial charge in [0.15, 0.2) is 0 Å². The second-order valence-electron chi connectivity index (χ2n) is 3.66. The van der Waals surface area contributed by atoms with Gasteiger partial charge in [-0.25, -0.2) is 0 Å². The van der Waals surface area contributed by atoms with Crippen LogP contribution in [0.2, 0.25) is 0 Å². The summed E-state index contributed by atoms with van der Waals surface area (Å²) in [5, 5.41) is 14.4. The first kappa shape index (κ1) is 11.3. The van der Waals surface area contributed by atoms with Crippen molar-refractivity contribution in [3.05, 3.63) is 43.2 Å². The smallest absolute Gasteiger partial charge is 0.101 e. The Hall–Kier alpha value is -0.160. The van der Waals surface area contributed by atoms with Gasteiger partial charge in [0.2, 0.25) is 0 Å². The van der Waals surface area contributed by atoms with Gasteiger partial charge in [-0.1, -0.05) is 6.07 Å². The van der Waals surface area contributed by atoms with E-state index in [1.165, 1.54) is 4.88 Å². The van der Waals surface area contributed by atoms with Crippen molar-refractivity contribution in [3.8, 4) is 0 Å². The first-order chi connectivity index (χ1) is 7.08. The number of rotatable bonds is 3. The Balaban J connectivity index is 2.18. The fraction of sp³-hybridized carbons (Fsp3) is 0.273. The van der Waals surface area contributed by atoms with Gasteiger partial charge in [-0.3, -0.25) is 0 Å². The van der Waals surface area contributed by atoms with Crippen LogP contribution in [-0.4, -0.2) is 5.11 Å². The molecule has 2 heterocycles. The van der Waals surface area contributed by atoms with Crippen LogP contribution in [0.25, 0.3) is 0 Å². The minimum Gasteiger partial charge on any atom is -0.384 e. The summed E-state index contributed by atoms with van der Waals surface area (Å²) in [5.74, 6) is 0. The zero-order valence-electron chi connectivity index (χ0n) is 8.24. The van der Waals surface area contributed by atoms with Crippen molar-refractivity contribution in [3.63, 3.8) is 0 Å². The van der Waals surface area contributed by atoms with Crippen molar-refractivity contribution in [1.29, 1.82) is 0 Å². The van der Waals surface area contributed by atoms with E-state index in [-0.39, 0.29) is 0 Å². The predicted molar refractivity (Wildman–Crippen MR) is 69.6 cm³/mol. The highest BCUT2D eigenvalue weighted by Gasteiger charge is 2.25. The quantitative estimate of drug-likeness (QED) is 0.908. The van der Waals surface area contributed by atoms with Crippen molar-refractivity contribution >= 4 is 38.6 Å². The van der Waals surface area contributed by atoms with Crippen LogP contribution in [0.1, 0.15) is 16.7 Å². The third-order valence-corrected chi connectivity index (χ3v) is 5.01. The number of aliphatic hydroxyl groups is 1. The Morgan fingerprint density at radius 1 is 1.47 bits per heavy atom. The van der Waals surface area contributed by atoms with Crippen molar-refractivity contribution in [1.82, 2.24) is 0 Å². The molecule has 0 aliphatic carbocycles. The van der Waals surface area contributed by atoms with E-state index < -0.39 is 5.60 Å². The molecule has 4 heteroatoms. The molecule has 0 aliphatic rings. The maximum Gasteiger partial charge on any atom is 0.101 e. The number of thiophene rings is 2. The monoisotopic (exact) mass is 302 g/mol. The standard InChI is InChI=1S/C11H11BrOS2/c1-11(13,10-3-2-4-14-10)6-9-5-8(12)7-15-9/h2-5,7,13H,6H2,1H3. The first-order valence-corrected chi connectivity index (χ1v) is 7.12. The Labute approximate surface area is 106 Å². The molecule has 0 spiro atoms. The molecule has 1 N–H and O–H groups in total. The lowest BCUT2D eigenvalue weighted by Gasteiger charge is -2.20. The number of hydrogen-bond acceptors (Lipinski definition) is 3. The summed E-state index contributed by atoms with van der Waals surface area (Å²) in [5.41, 5.74) is -0.752. The molecule has 0 bridgehead atoms. The average Bonchev–Trinajstić information content (AvgIpc) is 2.75. The summed E-state index contributed by atoms with van der Waals surface area (Å²) in [6.45, 7) is 1.87. The fourth-order valence-corrected chi connectivity index (χ4v) is 3.84. The number of hydrogen-bond donors (Lipinski definition) is 1. The molecule has 2 aromatic rings. The molecule has 0 saturated heterocycles. The van der Waals surface area contributed by atoms with Crippen LogP contribution in [0.5, 0.6) is 0 Å². The van der Waals surface area contributed by atoms with Crippen LogP contribution in [0.3, 0.4) is 0 Å². The first-order valence-electron chi connectivity index (χ1n) is 4.57. The minimum absolute atomic E-state index is 0.670. The van der Waals surface area contributed by atoms with Crippen LogP contribution < -0.4 is 0 Å². The zero-order chi connectivity index (χ0) is 10.9. The minimum atomic E-state index is -0.752. The van der Waals surface area contributed by atoms with E-state index in [0.717, 1.165) is 9.35 Å². The molecule has 1 atom stereocenters. The van der Waals surface area contributed by atoms with E-state index >= 15 is 0 Å². The van der Waals surface area contributed by atoms with Gasteiger partial charge in [-0.15, -0.1) is 22.7 Å². The second kappa shape index (κ2) is 4.37. The molecule has 0 aliphatic heterocycles. The molecule has 2 aromatic heterocycles. The van der Waals surface area contributed by atoms with Gasteiger partial charge >= 0.3 is 0 Å². The molecule has 0 saturated carbocycles. The van der Waals surface area contributed by atoms with Crippen LogP contribution in [0.15, 0.2) is 33.4 Å². The highest BCUT2D eigenvalue weighted by Crippen LogP contribution is 2.31. The van der Waals surface area contributed by atoms with Gasteiger partial charge in [-0.2, -0.15) is 0 Å². The van der Waals surface area contributed by atoms with Gasteiger partial charge in [0.1, 0.15) is 5.60 Å². The van der Waals surface area contributed by atoms with Gasteiger partial charge in [0.25, 0.3) is 0 Å². The fourth-order valence-electron chi connectivity index (χ4n) is 1.46. The number of halogens is 1. The van der Waals surface area contributed by atoms with E-state index in [2.05, 4.69) is 22.0 Å². The van der Waals surface area contributed by atoms with Gasteiger partial charge in [-0.05, 0) is 40.4 Å². The SMILES string of the molecule is CC(O)(Cc1cc(Br)cs1)c1cccs1. The van der Waals surface area contributed by atoms with E-state index in [9.17, 15) is 5.11 Å². The molecule has 0 radical (unpaired) electrons. The highest BCUT2D eigenvalue weighted by atomic mass is 79.9. The molecule has 15 heavy (non-hydrogen) atoms. The molecular weight excluding hydrogens is 292 g/mol. The summed E-state index contributed by atoms with van der Waals surface area (Å²) in [6.07, 6.45) is 0.670. The molecule has 0 fully saturated rings. The van der Waals surface area contributed by atoms with E-state index in [1.807, 2.05) is 29.8 Å². The average molecular weight is 303 g/mol. The van der Waals surface area contributed by atoms with Gasteiger partial charge < -0.3 is 5.11 Å². The normalized spacial score (nSPS) is 15.1. The van der Waals surface area contributed by atoms with Gasteiger partial charge in [0.05, 0.1) is 0 Å². The molecule has 0 amide bonds. The molecule has 2 rings (SSSR count). The summed E-state index contributed by atoms with van der Waals surface area (Å²) in [6, 6.07) is 6.01. The van der Waals surface area contributed by atoms with Crippen molar-refractivity contribution in [2.24, 2.45) is 0 Å². The van der Waals surface area contributed by atoms with E-state index in [1.54, 1.807) is 22.7 Å². The zero-order valence-corrected chi connectivity index (χ0v) is 11.5. The van der Waals surface area contributed by atoms with Crippen LogP contribution in [0, 0.1) is 0 Å². The van der Waals surface area contributed by atoms with Gasteiger partial charge in [0, 0.05) is 26.0 Å². The molecule has 80 valence electrons. The van der Waals surface area contributed by atoms with Crippen molar-refractivity contribution < 1.29 is 5.11 Å². The van der Waals surface area contributed by atoms with Crippen molar-refractivity contribution in [2.75, 3.05) is 0 Å². The van der Waals surface area contributed by atoms with Crippen LogP contribution in [0.4, 0.5) is 0 Å². The summed E-state index contributed by atoms with van der Waals surface area (Å²) in [4.78, 5) is 2.22. The molecule has 1 nitrogen and oxygen atoms in total. The maximum absolute atomic E-state index is 10.3. The van der Waals surface area contributed by atoms with Crippen molar-refractivity contribution in [2.45, 2.75) is 18.9 Å². The van der Waals surface area contributed by atoms with E-state index in [4.69, 9.17) is 0 Å². The third kappa shape index (κ3) is 2.69. The lowest BCUT2D eigenvalue weighted by Crippen LogP contribution is -2.22. The summed E-state index contributed by atoms with van der Waals surface area (Å²) < 4.78 is 1.09. The second-order valence-corrected chi connectivity index (χ2v) is 6.52.